The molecular weight excluding hydrogens is 376 g/mol. The Labute approximate surface area is 177 Å². The number of carbonyl (C=O) groups excluding carboxylic acids is 2. The molecule has 2 N–H and O–H groups in total. The first-order valence-electron chi connectivity index (χ1n) is 9.98. The van der Waals surface area contributed by atoms with Crippen molar-refractivity contribution in [2.45, 2.75) is 26.9 Å². The summed E-state index contributed by atoms with van der Waals surface area (Å²) in [5, 5.41) is 5.73. The SMILES string of the molecule is CC(C)CC(=O)Nc1ccc(NC(=O)c2ccccc2OCc2ccccc2)cc1. The molecule has 5 nitrogen and oxygen atoms in total. The van der Waals surface area contributed by atoms with Crippen LogP contribution in [0.1, 0.15) is 36.2 Å². The summed E-state index contributed by atoms with van der Waals surface area (Å²) >= 11 is 0. The second-order valence-corrected chi connectivity index (χ2v) is 7.45. The Hall–Kier alpha value is -3.60. The molecule has 3 aromatic rings. The Bertz CT molecular complexity index is 983. The van der Waals surface area contributed by atoms with E-state index < -0.39 is 0 Å². The Morgan fingerprint density at radius 3 is 2.07 bits per heavy atom. The van der Waals surface area contributed by atoms with Crippen LogP contribution in [0.15, 0.2) is 78.9 Å². The van der Waals surface area contributed by atoms with Gasteiger partial charge in [0.05, 0.1) is 5.56 Å². The number of amides is 2. The Morgan fingerprint density at radius 1 is 0.800 bits per heavy atom. The van der Waals surface area contributed by atoms with E-state index >= 15 is 0 Å². The first kappa shape index (κ1) is 21.1. The van der Waals surface area contributed by atoms with Crippen LogP contribution in [0, 0.1) is 5.92 Å². The van der Waals surface area contributed by atoms with Gasteiger partial charge in [0.25, 0.3) is 5.91 Å². The quantitative estimate of drug-likeness (QED) is 0.523. The van der Waals surface area contributed by atoms with Crippen LogP contribution in [0.25, 0.3) is 0 Å². The highest BCUT2D eigenvalue weighted by atomic mass is 16.5. The fraction of sp³-hybridized carbons (Fsp3) is 0.200. The number of ether oxygens (including phenoxy) is 1. The van der Waals surface area contributed by atoms with Crippen molar-refractivity contribution in [1.29, 1.82) is 0 Å². The van der Waals surface area contributed by atoms with Crippen molar-refractivity contribution < 1.29 is 14.3 Å². The number of hydrogen-bond acceptors (Lipinski definition) is 3. The Balaban J connectivity index is 1.62. The lowest BCUT2D eigenvalue weighted by Crippen LogP contribution is -2.15. The summed E-state index contributed by atoms with van der Waals surface area (Å²) in [5.41, 5.74) is 2.83. The minimum atomic E-state index is -0.254. The van der Waals surface area contributed by atoms with Gasteiger partial charge in [-0.05, 0) is 47.9 Å². The lowest BCUT2D eigenvalue weighted by atomic mass is 10.1. The van der Waals surface area contributed by atoms with Crippen molar-refractivity contribution in [3.8, 4) is 5.75 Å². The van der Waals surface area contributed by atoms with Crippen LogP contribution in [0.5, 0.6) is 5.75 Å². The Morgan fingerprint density at radius 2 is 1.40 bits per heavy atom. The van der Waals surface area contributed by atoms with Crippen LogP contribution in [-0.2, 0) is 11.4 Å². The second-order valence-electron chi connectivity index (χ2n) is 7.45. The molecule has 3 aromatic carbocycles. The first-order chi connectivity index (χ1) is 14.5. The van der Waals surface area contributed by atoms with Crippen molar-refractivity contribution in [3.05, 3.63) is 90.0 Å². The fourth-order valence-corrected chi connectivity index (χ4v) is 2.93. The summed E-state index contributed by atoms with van der Waals surface area (Å²) < 4.78 is 5.87. The van der Waals surface area contributed by atoms with Gasteiger partial charge in [0.1, 0.15) is 12.4 Å². The first-order valence-corrected chi connectivity index (χ1v) is 9.98. The van der Waals surface area contributed by atoms with Gasteiger partial charge in [0.15, 0.2) is 0 Å². The average Bonchev–Trinajstić information content (AvgIpc) is 2.74. The molecule has 2 amide bonds. The van der Waals surface area contributed by atoms with E-state index in [1.54, 1.807) is 42.5 Å². The van der Waals surface area contributed by atoms with E-state index in [4.69, 9.17) is 4.74 Å². The van der Waals surface area contributed by atoms with E-state index in [0.29, 0.717) is 41.6 Å². The van der Waals surface area contributed by atoms with Crippen LogP contribution in [0.3, 0.4) is 0 Å². The van der Waals surface area contributed by atoms with Crippen molar-refractivity contribution in [2.75, 3.05) is 10.6 Å². The summed E-state index contributed by atoms with van der Waals surface area (Å²) in [6.45, 7) is 4.38. The summed E-state index contributed by atoms with van der Waals surface area (Å²) in [4.78, 5) is 24.6. The molecule has 0 saturated heterocycles. The molecule has 0 atom stereocenters. The van der Waals surface area contributed by atoms with E-state index in [-0.39, 0.29) is 11.8 Å². The highest BCUT2D eigenvalue weighted by molar-refractivity contribution is 6.06. The molecule has 0 heterocycles. The molecule has 0 saturated carbocycles. The third kappa shape index (κ3) is 6.21. The van der Waals surface area contributed by atoms with Gasteiger partial charge in [0, 0.05) is 17.8 Å². The minimum Gasteiger partial charge on any atom is -0.488 e. The van der Waals surface area contributed by atoms with Crippen molar-refractivity contribution in [1.82, 2.24) is 0 Å². The monoisotopic (exact) mass is 402 g/mol. The zero-order valence-corrected chi connectivity index (χ0v) is 17.2. The summed E-state index contributed by atoms with van der Waals surface area (Å²) in [6, 6.07) is 24.0. The Kier molecular flexibility index (Phi) is 7.22. The molecule has 0 aliphatic heterocycles. The molecule has 5 heteroatoms. The second kappa shape index (κ2) is 10.3. The van der Waals surface area contributed by atoms with Gasteiger partial charge >= 0.3 is 0 Å². The van der Waals surface area contributed by atoms with Gasteiger partial charge in [0.2, 0.25) is 5.91 Å². The zero-order valence-electron chi connectivity index (χ0n) is 17.2. The van der Waals surface area contributed by atoms with Crippen LogP contribution in [0.4, 0.5) is 11.4 Å². The number of hydrogen-bond donors (Lipinski definition) is 2. The smallest absolute Gasteiger partial charge is 0.259 e. The van der Waals surface area contributed by atoms with Crippen LogP contribution >= 0.6 is 0 Å². The highest BCUT2D eigenvalue weighted by Crippen LogP contribution is 2.22. The minimum absolute atomic E-state index is 0.0220. The predicted octanol–water partition coefficient (Wildman–Crippen LogP) is 5.50. The number of para-hydroxylation sites is 1. The van der Waals surface area contributed by atoms with Crippen LogP contribution < -0.4 is 15.4 Å². The summed E-state index contributed by atoms with van der Waals surface area (Å²) in [7, 11) is 0. The maximum Gasteiger partial charge on any atom is 0.259 e. The third-order valence-electron chi connectivity index (χ3n) is 4.39. The van der Waals surface area contributed by atoms with Gasteiger partial charge < -0.3 is 15.4 Å². The number of nitrogens with one attached hydrogen (secondary N) is 2. The fourth-order valence-electron chi connectivity index (χ4n) is 2.93. The summed E-state index contributed by atoms with van der Waals surface area (Å²) in [5.74, 6) is 0.547. The molecule has 0 aromatic heterocycles. The molecule has 154 valence electrons. The van der Waals surface area contributed by atoms with Gasteiger partial charge in [-0.15, -0.1) is 0 Å². The van der Waals surface area contributed by atoms with E-state index in [1.807, 2.05) is 50.2 Å². The van der Waals surface area contributed by atoms with Crippen molar-refractivity contribution in [2.24, 2.45) is 5.92 Å². The molecule has 0 spiro atoms. The van der Waals surface area contributed by atoms with Gasteiger partial charge in [-0.2, -0.15) is 0 Å². The van der Waals surface area contributed by atoms with E-state index in [2.05, 4.69) is 10.6 Å². The maximum absolute atomic E-state index is 12.8. The molecule has 0 bridgehead atoms. The summed E-state index contributed by atoms with van der Waals surface area (Å²) in [6.07, 6.45) is 0.470. The third-order valence-corrected chi connectivity index (χ3v) is 4.39. The number of anilines is 2. The van der Waals surface area contributed by atoms with Crippen LogP contribution in [-0.4, -0.2) is 11.8 Å². The number of carbonyl (C=O) groups is 2. The molecule has 30 heavy (non-hydrogen) atoms. The van der Waals surface area contributed by atoms with Gasteiger partial charge in [-0.3, -0.25) is 9.59 Å². The normalized spacial score (nSPS) is 10.5. The van der Waals surface area contributed by atoms with Gasteiger partial charge in [-0.25, -0.2) is 0 Å². The van der Waals surface area contributed by atoms with E-state index in [9.17, 15) is 9.59 Å². The zero-order chi connectivity index (χ0) is 21.3. The van der Waals surface area contributed by atoms with Gasteiger partial charge in [-0.1, -0.05) is 56.3 Å². The van der Waals surface area contributed by atoms with Crippen molar-refractivity contribution >= 4 is 23.2 Å². The number of rotatable bonds is 8. The molecular formula is C25H26N2O3. The molecule has 0 aliphatic carbocycles. The lowest BCUT2D eigenvalue weighted by molar-refractivity contribution is -0.116. The van der Waals surface area contributed by atoms with E-state index in [1.165, 1.54) is 0 Å². The van der Waals surface area contributed by atoms with Crippen molar-refractivity contribution in [3.63, 3.8) is 0 Å². The molecule has 0 aliphatic rings. The largest absolute Gasteiger partial charge is 0.488 e. The van der Waals surface area contributed by atoms with Crippen LogP contribution in [0.2, 0.25) is 0 Å². The molecule has 0 fully saturated rings. The van der Waals surface area contributed by atoms with E-state index in [0.717, 1.165) is 5.56 Å². The lowest BCUT2D eigenvalue weighted by Gasteiger charge is -2.12. The molecule has 3 rings (SSSR count). The molecule has 0 radical (unpaired) electrons. The highest BCUT2D eigenvalue weighted by Gasteiger charge is 2.13. The number of benzene rings is 3. The average molecular weight is 402 g/mol. The molecule has 0 unspecified atom stereocenters. The predicted molar refractivity (Wildman–Crippen MR) is 120 cm³/mol. The standard InChI is InChI=1S/C25H26N2O3/c1-18(2)16-24(28)26-20-12-14-21(15-13-20)27-25(29)22-10-6-7-11-23(22)30-17-19-8-4-3-5-9-19/h3-15,18H,16-17H2,1-2H3,(H,26,28)(H,27,29). The topological polar surface area (TPSA) is 67.4 Å². The maximum atomic E-state index is 12.8.